The van der Waals surface area contributed by atoms with Crippen LogP contribution < -0.4 is 0 Å². The summed E-state index contributed by atoms with van der Waals surface area (Å²) in [6.45, 7) is 11.4. The molecule has 0 atom stereocenters. The summed E-state index contributed by atoms with van der Waals surface area (Å²) in [6.07, 6.45) is 1.12. The third-order valence-electron chi connectivity index (χ3n) is 1.13. The summed E-state index contributed by atoms with van der Waals surface area (Å²) in [5, 5.41) is 21.4. The van der Waals surface area contributed by atoms with E-state index in [-0.39, 0.29) is 20.5 Å². The van der Waals surface area contributed by atoms with Gasteiger partial charge in [0.25, 0.3) is 0 Å². The Morgan fingerprint density at radius 3 is 1.95 bits per heavy atom. The number of hydrogen-bond donors (Lipinski definition) is 2. The molecule has 0 spiro atoms. The predicted octanol–water partition coefficient (Wildman–Crippen LogP) is 4.12. The van der Waals surface area contributed by atoms with E-state index in [4.69, 9.17) is 26.8 Å². The summed E-state index contributed by atoms with van der Waals surface area (Å²) in [4.78, 5) is 14.2. The first kappa shape index (κ1) is 26.9. The van der Waals surface area contributed by atoms with Crippen molar-refractivity contribution in [2.45, 2.75) is 54.6 Å². The molecule has 0 radical (unpaired) electrons. The highest BCUT2D eigenvalue weighted by Gasteiger charge is 2.27. The minimum absolute atomic E-state index is 0. The van der Waals surface area contributed by atoms with Gasteiger partial charge in [0.2, 0.25) is 0 Å². The number of aliphatic carboxylic acids is 1. The van der Waals surface area contributed by atoms with Gasteiger partial charge >= 0.3 is 5.97 Å². The van der Waals surface area contributed by atoms with E-state index in [1.165, 1.54) is 5.57 Å². The van der Waals surface area contributed by atoms with E-state index in [0.29, 0.717) is 11.4 Å². The van der Waals surface area contributed by atoms with Gasteiger partial charge in [0.15, 0.2) is 6.21 Å². The molecule has 1 aliphatic rings. The minimum atomic E-state index is -1.25. The number of halogens is 1. The Bertz CT molecular complexity index is 335. The van der Waals surface area contributed by atoms with Gasteiger partial charge in [0.05, 0.1) is 0 Å². The van der Waals surface area contributed by atoms with Gasteiger partial charge in [-0.25, -0.2) is 4.79 Å². The summed E-state index contributed by atoms with van der Waals surface area (Å²) >= 11 is 5.52. The zero-order valence-electron chi connectivity index (χ0n) is 11.0. The lowest BCUT2D eigenvalue weighted by Crippen LogP contribution is -2.17. The summed E-state index contributed by atoms with van der Waals surface area (Å²) in [5.41, 5.74) is 0.997. The number of rotatable bonds is 1. The fourth-order valence-electron chi connectivity index (χ4n) is 0.638. The fraction of sp³-hybridized carbons (Fsp3) is 0.615. The number of carbonyl (C=O) groups is 1. The van der Waals surface area contributed by atoms with Crippen molar-refractivity contribution in [3.05, 3.63) is 12.2 Å². The molecule has 7 heteroatoms. The van der Waals surface area contributed by atoms with Gasteiger partial charge in [0, 0.05) is 6.42 Å². The van der Waals surface area contributed by atoms with Crippen LogP contribution in [0.4, 0.5) is 0 Å². The fourth-order valence-corrected chi connectivity index (χ4v) is 0.995. The highest BCUT2D eigenvalue weighted by molar-refractivity contribution is 6.65. The summed E-state index contributed by atoms with van der Waals surface area (Å²) in [7, 11) is 0. The lowest BCUT2D eigenvalue weighted by atomic mass is 10.1. The maximum atomic E-state index is 9.29. The standard InChI is InChI=1S/C5H8ClNO.C4H8.C2H3NO3.2CH4/c1-5(2)3-4(6)7-8-5;1-4(2)3;4-2(5)1-3-6;;/h3H2,1-2H3;1H2,2-3H3;1,6H,(H,4,5);2*1H4/b;;3-1+;;. The first-order valence-electron chi connectivity index (χ1n) is 5.03. The van der Waals surface area contributed by atoms with Crippen molar-refractivity contribution in [2.24, 2.45) is 10.3 Å². The lowest BCUT2D eigenvalue weighted by molar-refractivity contribution is -0.128. The molecule has 0 aliphatic carbocycles. The van der Waals surface area contributed by atoms with E-state index in [1.54, 1.807) is 0 Å². The summed E-state index contributed by atoms with van der Waals surface area (Å²) in [5.74, 6) is -1.25. The van der Waals surface area contributed by atoms with Crippen LogP contribution in [0.5, 0.6) is 0 Å². The smallest absolute Gasteiger partial charge is 0.350 e. The second kappa shape index (κ2) is 13.9. The Morgan fingerprint density at radius 2 is 1.90 bits per heavy atom. The SMILES string of the molecule is C.C.C=C(C)C.CC1(C)CC(Cl)=NO1.O=C(O)/C=N/O. The molecule has 20 heavy (non-hydrogen) atoms. The second-order valence-corrected chi connectivity index (χ2v) is 4.72. The zero-order chi connectivity index (χ0) is 14.8. The van der Waals surface area contributed by atoms with Crippen LogP contribution in [0.25, 0.3) is 0 Å². The molecule has 6 nitrogen and oxygen atoms in total. The maximum Gasteiger partial charge on any atom is 0.350 e. The molecule has 0 aromatic carbocycles. The van der Waals surface area contributed by atoms with E-state index >= 15 is 0 Å². The molecule has 0 fully saturated rings. The molecule has 0 amide bonds. The van der Waals surface area contributed by atoms with Crippen LogP contribution >= 0.6 is 11.6 Å². The van der Waals surface area contributed by atoms with Gasteiger partial charge in [-0.1, -0.05) is 42.3 Å². The number of allylic oxidation sites excluding steroid dienone is 1. The van der Waals surface area contributed by atoms with Crippen molar-refractivity contribution in [3.63, 3.8) is 0 Å². The van der Waals surface area contributed by atoms with E-state index in [0.717, 1.165) is 6.42 Å². The first-order chi connectivity index (χ1) is 8.10. The monoisotopic (exact) mass is 310 g/mol. The average Bonchev–Trinajstić information content (AvgIpc) is 2.43. The van der Waals surface area contributed by atoms with Gasteiger partial charge in [0.1, 0.15) is 10.8 Å². The van der Waals surface area contributed by atoms with Gasteiger partial charge in [-0.15, -0.1) is 6.58 Å². The van der Waals surface area contributed by atoms with Crippen LogP contribution in [0.2, 0.25) is 0 Å². The van der Waals surface area contributed by atoms with Crippen LogP contribution in [0.3, 0.4) is 0 Å². The van der Waals surface area contributed by atoms with Crippen LogP contribution in [-0.2, 0) is 9.63 Å². The van der Waals surface area contributed by atoms with Crippen LogP contribution in [-0.4, -0.2) is 33.3 Å². The molecule has 0 saturated carbocycles. The summed E-state index contributed by atoms with van der Waals surface area (Å²) < 4.78 is 0. The zero-order valence-corrected chi connectivity index (χ0v) is 11.7. The Morgan fingerprint density at radius 1 is 1.50 bits per heavy atom. The maximum absolute atomic E-state index is 9.29. The van der Waals surface area contributed by atoms with Gasteiger partial charge in [-0.05, 0) is 27.7 Å². The molecule has 0 saturated heterocycles. The Hall–Kier alpha value is -1.56. The molecule has 120 valence electrons. The molecular formula is C13H27ClN2O4. The molecule has 1 rings (SSSR count). The summed E-state index contributed by atoms with van der Waals surface area (Å²) in [6, 6.07) is 0. The number of hydrogen-bond acceptors (Lipinski definition) is 5. The third-order valence-corrected chi connectivity index (χ3v) is 1.33. The van der Waals surface area contributed by atoms with Crippen molar-refractivity contribution in [1.82, 2.24) is 0 Å². The highest BCUT2D eigenvalue weighted by Crippen LogP contribution is 2.23. The van der Waals surface area contributed by atoms with Gasteiger partial charge in [-0.3, -0.25) is 0 Å². The Balaban J connectivity index is -0.0000000969. The number of carboxylic acids is 1. The highest BCUT2D eigenvalue weighted by atomic mass is 35.5. The van der Waals surface area contributed by atoms with E-state index in [9.17, 15) is 4.79 Å². The topological polar surface area (TPSA) is 91.5 Å². The Kier molecular flexibility index (Phi) is 18.6. The number of carboxylic acid groups (broad SMARTS) is 1. The molecule has 2 N–H and O–H groups in total. The molecule has 0 aromatic heterocycles. The van der Waals surface area contributed by atoms with Crippen molar-refractivity contribution in [3.8, 4) is 0 Å². The molecule has 1 aliphatic heterocycles. The van der Waals surface area contributed by atoms with Gasteiger partial charge < -0.3 is 15.2 Å². The number of nitrogens with zero attached hydrogens (tertiary/aromatic N) is 2. The van der Waals surface area contributed by atoms with E-state index in [2.05, 4.69) is 16.9 Å². The molecular weight excluding hydrogens is 284 g/mol. The van der Waals surface area contributed by atoms with Crippen molar-refractivity contribution < 1.29 is 19.9 Å². The minimum Gasteiger partial charge on any atom is -0.477 e. The van der Waals surface area contributed by atoms with Crippen molar-refractivity contribution >= 4 is 29.0 Å². The molecule has 1 heterocycles. The largest absolute Gasteiger partial charge is 0.477 e. The van der Waals surface area contributed by atoms with Gasteiger partial charge in [-0.2, -0.15) is 0 Å². The molecule has 0 bridgehead atoms. The van der Waals surface area contributed by atoms with E-state index < -0.39 is 5.97 Å². The van der Waals surface area contributed by atoms with Crippen LogP contribution in [0, 0.1) is 0 Å². The molecule has 0 unspecified atom stereocenters. The lowest BCUT2D eigenvalue weighted by Gasteiger charge is -2.12. The third kappa shape index (κ3) is 25.3. The Labute approximate surface area is 126 Å². The normalized spacial score (nSPS) is 13.9. The quantitative estimate of drug-likeness (QED) is 0.330. The number of oxime groups is 2. The van der Waals surface area contributed by atoms with Crippen LogP contribution in [0.15, 0.2) is 22.5 Å². The van der Waals surface area contributed by atoms with Crippen molar-refractivity contribution in [1.29, 1.82) is 0 Å². The predicted molar refractivity (Wildman–Crippen MR) is 84.9 cm³/mol. The van der Waals surface area contributed by atoms with Crippen LogP contribution in [0.1, 0.15) is 49.0 Å². The van der Waals surface area contributed by atoms with Crippen molar-refractivity contribution in [2.75, 3.05) is 0 Å². The first-order valence-corrected chi connectivity index (χ1v) is 5.41. The average molecular weight is 311 g/mol. The van der Waals surface area contributed by atoms with E-state index in [1.807, 2.05) is 27.7 Å². The second-order valence-electron chi connectivity index (χ2n) is 4.29. The molecule has 0 aromatic rings.